The summed E-state index contributed by atoms with van der Waals surface area (Å²) in [6.45, 7) is 0. The Morgan fingerprint density at radius 2 is 0.870 bits per heavy atom. The standard InChI is InChI=1S/C51H31N3/c1-2-11-35(12-3-1)54-47-19-8-6-15-39(47)41-27-23-34(30-50(41)54)33-24-28-49-43(29-33)40-16-7-9-20-48(40)53(49)36-25-21-32(22-26-36)46-31-44-38-14-5-4-13-37(38)42-17-10-18-45(52-46)51(42)44/h1-31H. The summed E-state index contributed by atoms with van der Waals surface area (Å²) >= 11 is 0. The molecule has 1 aliphatic rings. The maximum absolute atomic E-state index is 5.17. The van der Waals surface area contributed by atoms with E-state index >= 15 is 0 Å². The van der Waals surface area contributed by atoms with E-state index < -0.39 is 0 Å². The third-order valence-electron chi connectivity index (χ3n) is 11.5. The summed E-state index contributed by atoms with van der Waals surface area (Å²) in [4.78, 5) is 5.17. The van der Waals surface area contributed by atoms with Crippen molar-refractivity contribution in [2.24, 2.45) is 0 Å². The van der Waals surface area contributed by atoms with E-state index in [1.807, 2.05) is 0 Å². The van der Waals surface area contributed by atoms with E-state index in [0.717, 1.165) is 22.5 Å². The Morgan fingerprint density at radius 1 is 0.315 bits per heavy atom. The zero-order valence-electron chi connectivity index (χ0n) is 29.2. The first kappa shape index (κ1) is 29.4. The first-order valence-electron chi connectivity index (χ1n) is 18.6. The van der Waals surface area contributed by atoms with Crippen LogP contribution in [0.15, 0.2) is 188 Å². The molecule has 0 amide bonds. The SMILES string of the molecule is c1ccc(-n2c3ccccc3c3ccc(-c4ccc5c(c4)c4ccccc4n5-c4ccc(-c5cc6c7c(cccc7n5)-c5ccccc5-6)cc4)cc32)cc1. The summed E-state index contributed by atoms with van der Waals surface area (Å²) in [5.74, 6) is 0. The lowest BCUT2D eigenvalue weighted by atomic mass is 10.0. The van der Waals surface area contributed by atoms with Crippen LogP contribution in [0.3, 0.4) is 0 Å². The maximum atomic E-state index is 5.17. The molecule has 3 aromatic heterocycles. The molecule has 250 valence electrons. The molecule has 12 rings (SSSR count). The molecule has 11 aromatic rings. The highest BCUT2D eigenvalue weighted by atomic mass is 15.0. The molecule has 0 radical (unpaired) electrons. The third kappa shape index (κ3) is 4.15. The lowest BCUT2D eigenvalue weighted by Crippen LogP contribution is -1.94. The second-order valence-corrected chi connectivity index (χ2v) is 14.4. The van der Waals surface area contributed by atoms with Crippen molar-refractivity contribution in [1.29, 1.82) is 0 Å². The fourth-order valence-corrected chi connectivity index (χ4v) is 9.04. The molecule has 0 saturated carbocycles. The van der Waals surface area contributed by atoms with Gasteiger partial charge in [0.25, 0.3) is 0 Å². The Hall–Kier alpha value is -7.23. The van der Waals surface area contributed by atoms with Crippen LogP contribution in [0, 0.1) is 0 Å². The highest BCUT2D eigenvalue weighted by Crippen LogP contribution is 2.48. The van der Waals surface area contributed by atoms with Crippen LogP contribution in [0.4, 0.5) is 0 Å². The van der Waals surface area contributed by atoms with E-state index in [1.165, 1.54) is 88.1 Å². The topological polar surface area (TPSA) is 22.8 Å². The van der Waals surface area contributed by atoms with Gasteiger partial charge in [0, 0.05) is 43.9 Å². The van der Waals surface area contributed by atoms with Crippen LogP contribution >= 0.6 is 0 Å². The van der Waals surface area contributed by atoms with E-state index in [-0.39, 0.29) is 0 Å². The van der Waals surface area contributed by atoms with Crippen molar-refractivity contribution in [2.45, 2.75) is 0 Å². The van der Waals surface area contributed by atoms with Gasteiger partial charge in [-0.15, -0.1) is 0 Å². The molecule has 3 heteroatoms. The smallest absolute Gasteiger partial charge is 0.0722 e. The van der Waals surface area contributed by atoms with Crippen LogP contribution in [-0.4, -0.2) is 14.1 Å². The van der Waals surface area contributed by atoms with Gasteiger partial charge in [-0.05, 0) is 100 Å². The Labute approximate surface area is 311 Å². The van der Waals surface area contributed by atoms with Gasteiger partial charge >= 0.3 is 0 Å². The number of benzene rings is 8. The summed E-state index contributed by atoms with van der Waals surface area (Å²) < 4.78 is 4.78. The molecule has 3 nitrogen and oxygen atoms in total. The van der Waals surface area contributed by atoms with E-state index in [4.69, 9.17) is 4.98 Å². The van der Waals surface area contributed by atoms with Crippen LogP contribution in [0.1, 0.15) is 0 Å². The summed E-state index contributed by atoms with van der Waals surface area (Å²) in [5, 5.41) is 6.26. The number of hydrogen-bond donors (Lipinski definition) is 0. The maximum Gasteiger partial charge on any atom is 0.0722 e. The summed E-state index contributed by atoms with van der Waals surface area (Å²) in [7, 11) is 0. The monoisotopic (exact) mass is 685 g/mol. The normalized spacial score (nSPS) is 12.1. The van der Waals surface area contributed by atoms with Crippen molar-refractivity contribution in [1.82, 2.24) is 14.1 Å². The molecule has 0 saturated heterocycles. The zero-order chi connectivity index (χ0) is 35.3. The number of nitrogens with zero attached hydrogens (tertiary/aromatic N) is 3. The van der Waals surface area contributed by atoms with Gasteiger partial charge < -0.3 is 9.13 Å². The quantitative estimate of drug-likeness (QED) is 0.181. The molecule has 3 heterocycles. The molecule has 0 N–H and O–H groups in total. The molecular formula is C51H31N3. The molecule has 0 fully saturated rings. The molecule has 1 aliphatic carbocycles. The lowest BCUT2D eigenvalue weighted by molar-refractivity contribution is 1.18. The minimum absolute atomic E-state index is 0.994. The fourth-order valence-electron chi connectivity index (χ4n) is 9.04. The number of aromatic nitrogens is 3. The van der Waals surface area contributed by atoms with E-state index in [2.05, 4.69) is 197 Å². The number of rotatable bonds is 4. The summed E-state index contributed by atoms with van der Waals surface area (Å²) in [5.41, 5.74) is 17.8. The first-order valence-corrected chi connectivity index (χ1v) is 18.6. The van der Waals surface area contributed by atoms with Gasteiger partial charge in [-0.3, -0.25) is 0 Å². The molecule has 54 heavy (non-hydrogen) atoms. The Balaban J connectivity index is 0.976. The van der Waals surface area contributed by atoms with Crippen molar-refractivity contribution < 1.29 is 0 Å². The van der Waals surface area contributed by atoms with Crippen LogP contribution in [-0.2, 0) is 0 Å². The van der Waals surface area contributed by atoms with Crippen LogP contribution in [0.2, 0.25) is 0 Å². The van der Waals surface area contributed by atoms with Crippen molar-refractivity contribution in [3.05, 3.63) is 188 Å². The zero-order valence-corrected chi connectivity index (χ0v) is 29.2. The van der Waals surface area contributed by atoms with Gasteiger partial charge in [-0.2, -0.15) is 0 Å². The second kappa shape index (κ2) is 11.1. The van der Waals surface area contributed by atoms with Gasteiger partial charge in [0.2, 0.25) is 0 Å². The van der Waals surface area contributed by atoms with Crippen LogP contribution < -0.4 is 0 Å². The molecule has 0 unspecified atom stereocenters. The van der Waals surface area contributed by atoms with Gasteiger partial charge in [0.05, 0.1) is 33.3 Å². The van der Waals surface area contributed by atoms with E-state index in [9.17, 15) is 0 Å². The van der Waals surface area contributed by atoms with Crippen molar-refractivity contribution in [3.63, 3.8) is 0 Å². The molecule has 0 spiro atoms. The highest BCUT2D eigenvalue weighted by Gasteiger charge is 2.23. The lowest BCUT2D eigenvalue weighted by Gasteiger charge is -2.11. The molecule has 0 bridgehead atoms. The van der Waals surface area contributed by atoms with Crippen molar-refractivity contribution in [2.75, 3.05) is 0 Å². The number of hydrogen-bond acceptors (Lipinski definition) is 1. The fraction of sp³-hybridized carbons (Fsp3) is 0. The first-order chi connectivity index (χ1) is 26.8. The third-order valence-corrected chi connectivity index (χ3v) is 11.5. The highest BCUT2D eigenvalue weighted by molar-refractivity contribution is 6.15. The van der Waals surface area contributed by atoms with Crippen molar-refractivity contribution >= 4 is 54.5 Å². The van der Waals surface area contributed by atoms with Gasteiger partial charge in [0.15, 0.2) is 0 Å². The minimum atomic E-state index is 0.994. The average molecular weight is 686 g/mol. The van der Waals surface area contributed by atoms with Gasteiger partial charge in [-0.1, -0.05) is 121 Å². The second-order valence-electron chi connectivity index (χ2n) is 14.4. The summed E-state index contributed by atoms with van der Waals surface area (Å²) in [6, 6.07) is 68.4. The molecule has 0 atom stereocenters. The van der Waals surface area contributed by atoms with Gasteiger partial charge in [0.1, 0.15) is 0 Å². The number of fused-ring (bicyclic) bond motifs is 9. The molecule has 0 aliphatic heterocycles. The Kier molecular flexibility index (Phi) is 6.05. The van der Waals surface area contributed by atoms with Crippen LogP contribution in [0.25, 0.3) is 111 Å². The Morgan fingerprint density at radius 3 is 1.67 bits per heavy atom. The molecular weight excluding hydrogens is 655 g/mol. The predicted octanol–water partition coefficient (Wildman–Crippen LogP) is 13.4. The van der Waals surface area contributed by atoms with Crippen LogP contribution in [0.5, 0.6) is 0 Å². The average Bonchev–Trinajstić information content (AvgIpc) is 3.87. The van der Waals surface area contributed by atoms with Crippen molar-refractivity contribution in [3.8, 4) is 56.0 Å². The Bertz CT molecular complexity index is 3310. The number of pyridine rings is 1. The largest absolute Gasteiger partial charge is 0.309 e. The van der Waals surface area contributed by atoms with Gasteiger partial charge in [-0.25, -0.2) is 4.98 Å². The van der Waals surface area contributed by atoms with E-state index in [1.54, 1.807) is 0 Å². The summed E-state index contributed by atoms with van der Waals surface area (Å²) in [6.07, 6.45) is 0. The van der Waals surface area contributed by atoms with E-state index in [0.29, 0.717) is 0 Å². The predicted molar refractivity (Wildman–Crippen MR) is 226 cm³/mol. The molecule has 8 aromatic carbocycles. The minimum Gasteiger partial charge on any atom is -0.309 e. The number of para-hydroxylation sites is 3.